The molecule has 1 saturated heterocycles. The molecule has 1 N–H and O–H groups in total. The van der Waals surface area contributed by atoms with Gasteiger partial charge >= 0.3 is 0 Å². The molecule has 0 atom stereocenters. The van der Waals surface area contributed by atoms with Gasteiger partial charge in [-0.2, -0.15) is 0 Å². The Hall–Kier alpha value is -1.32. The summed E-state index contributed by atoms with van der Waals surface area (Å²) in [7, 11) is 0. The smallest absolute Gasteiger partial charge is 0.0610 e. The Morgan fingerprint density at radius 3 is 2.68 bits per heavy atom. The molecule has 1 fully saturated rings. The van der Waals surface area contributed by atoms with E-state index in [1.54, 1.807) is 0 Å². The van der Waals surface area contributed by atoms with Gasteiger partial charge in [0.2, 0.25) is 0 Å². The van der Waals surface area contributed by atoms with Gasteiger partial charge in [-0.05, 0) is 49.0 Å². The van der Waals surface area contributed by atoms with E-state index in [0.29, 0.717) is 6.54 Å². The molecule has 19 heavy (non-hydrogen) atoms. The zero-order valence-electron chi connectivity index (χ0n) is 11.4. The molecule has 1 aliphatic rings. The summed E-state index contributed by atoms with van der Waals surface area (Å²) in [6, 6.07) is 8.83. The van der Waals surface area contributed by atoms with Crippen LogP contribution in [0.4, 0.5) is 0 Å². The molecule has 0 unspecified atom stereocenters. The van der Waals surface area contributed by atoms with Crippen LogP contribution in [0, 0.1) is 0 Å². The number of hydrogen-bond acceptors (Lipinski definition) is 2. The molecule has 0 aliphatic carbocycles. The number of benzene rings is 1. The van der Waals surface area contributed by atoms with Crippen LogP contribution >= 0.6 is 0 Å². The zero-order valence-corrected chi connectivity index (χ0v) is 11.4. The van der Waals surface area contributed by atoms with E-state index in [2.05, 4.69) is 39.9 Å². The predicted octanol–water partition coefficient (Wildman–Crippen LogP) is 2.62. The van der Waals surface area contributed by atoms with Crippen molar-refractivity contribution in [1.29, 1.82) is 0 Å². The molecule has 3 rings (SSSR count). The Morgan fingerprint density at radius 2 is 1.89 bits per heavy atom. The maximum Gasteiger partial charge on any atom is 0.0610 e. The summed E-state index contributed by atoms with van der Waals surface area (Å²) >= 11 is 0. The van der Waals surface area contributed by atoms with Crippen LogP contribution in [0.25, 0.3) is 10.9 Å². The molecule has 0 spiro atoms. The SMILES string of the molecule is OCCn1ccc2ccc(CN3CCCCC3)cc21. The van der Waals surface area contributed by atoms with Crippen molar-refractivity contribution in [2.75, 3.05) is 19.7 Å². The number of aliphatic hydroxyl groups excluding tert-OH is 1. The van der Waals surface area contributed by atoms with E-state index in [9.17, 15) is 0 Å². The molecule has 2 aromatic rings. The summed E-state index contributed by atoms with van der Waals surface area (Å²) in [6.07, 6.45) is 6.12. The molecule has 1 aromatic heterocycles. The van der Waals surface area contributed by atoms with E-state index in [0.717, 1.165) is 6.54 Å². The summed E-state index contributed by atoms with van der Waals surface area (Å²) in [5, 5.41) is 10.4. The highest BCUT2D eigenvalue weighted by molar-refractivity contribution is 5.80. The Balaban J connectivity index is 1.81. The molecule has 102 valence electrons. The Labute approximate surface area is 114 Å². The van der Waals surface area contributed by atoms with Gasteiger partial charge < -0.3 is 9.67 Å². The average Bonchev–Trinajstić information content (AvgIpc) is 2.83. The molecule has 2 heterocycles. The maximum atomic E-state index is 9.10. The first kappa shape index (κ1) is 12.7. The van der Waals surface area contributed by atoms with Crippen LogP contribution in [-0.2, 0) is 13.1 Å². The number of fused-ring (bicyclic) bond motifs is 1. The topological polar surface area (TPSA) is 28.4 Å². The van der Waals surface area contributed by atoms with E-state index < -0.39 is 0 Å². The second-order valence-electron chi connectivity index (χ2n) is 5.46. The van der Waals surface area contributed by atoms with Gasteiger partial charge in [0.1, 0.15) is 0 Å². The summed E-state index contributed by atoms with van der Waals surface area (Å²) in [5.41, 5.74) is 2.62. The van der Waals surface area contributed by atoms with Gasteiger partial charge in [-0.1, -0.05) is 18.6 Å². The van der Waals surface area contributed by atoms with E-state index in [4.69, 9.17) is 5.11 Å². The third kappa shape index (κ3) is 2.82. The number of nitrogens with zero attached hydrogens (tertiary/aromatic N) is 2. The minimum Gasteiger partial charge on any atom is -0.395 e. The van der Waals surface area contributed by atoms with Gasteiger partial charge in [0.05, 0.1) is 6.61 Å². The minimum atomic E-state index is 0.195. The normalized spacial score (nSPS) is 17.1. The third-order valence-corrected chi connectivity index (χ3v) is 4.03. The standard InChI is InChI=1S/C16H22N2O/c19-11-10-18-9-6-15-5-4-14(12-16(15)18)13-17-7-2-1-3-8-17/h4-6,9,12,19H,1-3,7-8,10-11,13H2. The number of aromatic nitrogens is 1. The second-order valence-corrected chi connectivity index (χ2v) is 5.46. The summed E-state index contributed by atoms with van der Waals surface area (Å²) in [5.74, 6) is 0. The van der Waals surface area contributed by atoms with Crippen molar-refractivity contribution in [3.63, 3.8) is 0 Å². The van der Waals surface area contributed by atoms with Crippen molar-refractivity contribution in [3.8, 4) is 0 Å². The van der Waals surface area contributed by atoms with Crippen LogP contribution in [-0.4, -0.2) is 34.3 Å². The van der Waals surface area contributed by atoms with Gasteiger partial charge in [0.25, 0.3) is 0 Å². The molecule has 1 aromatic carbocycles. The molecular formula is C16H22N2O. The van der Waals surface area contributed by atoms with Crippen LogP contribution < -0.4 is 0 Å². The lowest BCUT2D eigenvalue weighted by Gasteiger charge is -2.26. The van der Waals surface area contributed by atoms with Gasteiger partial charge in [0.15, 0.2) is 0 Å². The molecule has 0 radical (unpaired) electrons. The molecular weight excluding hydrogens is 236 g/mol. The third-order valence-electron chi connectivity index (χ3n) is 4.03. The van der Waals surface area contributed by atoms with E-state index in [-0.39, 0.29) is 6.61 Å². The van der Waals surface area contributed by atoms with Crippen molar-refractivity contribution >= 4 is 10.9 Å². The number of aliphatic hydroxyl groups is 1. The second kappa shape index (κ2) is 5.76. The van der Waals surface area contributed by atoms with E-state index >= 15 is 0 Å². The van der Waals surface area contributed by atoms with Crippen molar-refractivity contribution < 1.29 is 5.11 Å². The Bertz CT molecular complexity index is 541. The van der Waals surface area contributed by atoms with Crippen LogP contribution in [0.2, 0.25) is 0 Å². The van der Waals surface area contributed by atoms with Crippen LogP contribution in [0.3, 0.4) is 0 Å². The first-order valence-corrected chi connectivity index (χ1v) is 7.28. The summed E-state index contributed by atoms with van der Waals surface area (Å²) in [6.45, 7) is 4.39. The lowest BCUT2D eigenvalue weighted by Crippen LogP contribution is -2.29. The maximum absolute atomic E-state index is 9.10. The average molecular weight is 258 g/mol. The minimum absolute atomic E-state index is 0.195. The van der Waals surface area contributed by atoms with Crippen LogP contribution in [0.5, 0.6) is 0 Å². The van der Waals surface area contributed by atoms with E-state index in [1.165, 1.54) is 48.8 Å². The number of rotatable bonds is 4. The fourth-order valence-corrected chi connectivity index (χ4v) is 3.01. The lowest BCUT2D eigenvalue weighted by atomic mass is 10.1. The van der Waals surface area contributed by atoms with Gasteiger partial charge in [0, 0.05) is 24.8 Å². The molecule has 0 saturated carbocycles. The largest absolute Gasteiger partial charge is 0.395 e. The highest BCUT2D eigenvalue weighted by atomic mass is 16.3. The predicted molar refractivity (Wildman–Crippen MR) is 78.2 cm³/mol. The van der Waals surface area contributed by atoms with Crippen LogP contribution in [0.15, 0.2) is 30.5 Å². The fraction of sp³-hybridized carbons (Fsp3) is 0.500. The summed E-state index contributed by atoms with van der Waals surface area (Å²) < 4.78 is 2.13. The fourth-order valence-electron chi connectivity index (χ4n) is 3.01. The number of hydrogen-bond donors (Lipinski definition) is 1. The van der Waals surface area contributed by atoms with Gasteiger partial charge in [-0.15, -0.1) is 0 Å². The van der Waals surface area contributed by atoms with Crippen molar-refractivity contribution in [1.82, 2.24) is 9.47 Å². The lowest BCUT2D eigenvalue weighted by molar-refractivity contribution is 0.221. The Morgan fingerprint density at radius 1 is 1.05 bits per heavy atom. The van der Waals surface area contributed by atoms with Gasteiger partial charge in [-0.25, -0.2) is 0 Å². The monoisotopic (exact) mass is 258 g/mol. The summed E-state index contributed by atoms with van der Waals surface area (Å²) in [4.78, 5) is 2.55. The Kier molecular flexibility index (Phi) is 3.85. The molecule has 3 heteroatoms. The van der Waals surface area contributed by atoms with Gasteiger partial charge in [-0.3, -0.25) is 4.90 Å². The molecule has 0 bridgehead atoms. The molecule has 0 amide bonds. The number of piperidine rings is 1. The highest BCUT2D eigenvalue weighted by Crippen LogP contribution is 2.20. The van der Waals surface area contributed by atoms with Crippen molar-refractivity contribution in [2.24, 2.45) is 0 Å². The highest BCUT2D eigenvalue weighted by Gasteiger charge is 2.11. The zero-order chi connectivity index (χ0) is 13.1. The number of likely N-dealkylation sites (tertiary alicyclic amines) is 1. The van der Waals surface area contributed by atoms with E-state index in [1.807, 2.05) is 0 Å². The first-order valence-electron chi connectivity index (χ1n) is 7.28. The molecule has 1 aliphatic heterocycles. The van der Waals surface area contributed by atoms with Crippen molar-refractivity contribution in [2.45, 2.75) is 32.4 Å². The van der Waals surface area contributed by atoms with Crippen molar-refractivity contribution in [3.05, 3.63) is 36.0 Å². The first-order chi connectivity index (χ1) is 9.36. The quantitative estimate of drug-likeness (QED) is 0.913. The van der Waals surface area contributed by atoms with Crippen LogP contribution in [0.1, 0.15) is 24.8 Å². The molecule has 3 nitrogen and oxygen atoms in total.